The van der Waals surface area contributed by atoms with Crippen LogP contribution in [0.5, 0.6) is 0 Å². The molecular formula is C13H16N2O3. The standard InChI is InChI=1S/C13H16N2O3/c16-12(10-1-2-11(7-10)13(17)18)15-8-9-3-5-14-6-4-9/h3-6,10-11H,1-2,7-8H2,(H,15,16)(H,17,18). The number of carboxylic acid groups (broad SMARTS) is 1. The van der Waals surface area contributed by atoms with Gasteiger partial charge in [-0.15, -0.1) is 0 Å². The summed E-state index contributed by atoms with van der Waals surface area (Å²) in [5.74, 6) is -1.36. The van der Waals surface area contributed by atoms with E-state index < -0.39 is 5.97 Å². The van der Waals surface area contributed by atoms with Crippen LogP contribution in [0.25, 0.3) is 0 Å². The highest BCUT2D eigenvalue weighted by Gasteiger charge is 2.33. The van der Waals surface area contributed by atoms with Gasteiger partial charge < -0.3 is 10.4 Å². The molecule has 1 aromatic heterocycles. The fourth-order valence-electron chi connectivity index (χ4n) is 2.28. The quantitative estimate of drug-likeness (QED) is 0.839. The molecule has 1 fully saturated rings. The molecule has 5 heteroatoms. The van der Waals surface area contributed by atoms with Gasteiger partial charge in [0.1, 0.15) is 0 Å². The molecule has 18 heavy (non-hydrogen) atoms. The maximum absolute atomic E-state index is 11.9. The number of nitrogens with zero attached hydrogens (tertiary/aromatic N) is 1. The first-order chi connectivity index (χ1) is 8.66. The molecule has 1 amide bonds. The Balaban J connectivity index is 1.81. The molecule has 2 N–H and O–H groups in total. The lowest BCUT2D eigenvalue weighted by atomic mass is 10.0. The average molecular weight is 248 g/mol. The Kier molecular flexibility index (Phi) is 3.92. The molecule has 1 aliphatic rings. The molecule has 0 aliphatic heterocycles. The smallest absolute Gasteiger partial charge is 0.306 e. The maximum Gasteiger partial charge on any atom is 0.306 e. The number of carbonyl (C=O) groups excluding carboxylic acids is 1. The van der Waals surface area contributed by atoms with Crippen LogP contribution < -0.4 is 5.32 Å². The van der Waals surface area contributed by atoms with Gasteiger partial charge in [0.05, 0.1) is 5.92 Å². The Morgan fingerprint density at radius 1 is 1.28 bits per heavy atom. The molecule has 0 radical (unpaired) electrons. The summed E-state index contributed by atoms with van der Waals surface area (Å²) in [7, 11) is 0. The van der Waals surface area contributed by atoms with Crippen LogP contribution in [0.15, 0.2) is 24.5 Å². The van der Waals surface area contributed by atoms with E-state index in [9.17, 15) is 9.59 Å². The van der Waals surface area contributed by atoms with E-state index in [1.54, 1.807) is 12.4 Å². The van der Waals surface area contributed by atoms with E-state index in [4.69, 9.17) is 5.11 Å². The van der Waals surface area contributed by atoms with E-state index in [0.717, 1.165) is 5.56 Å². The van der Waals surface area contributed by atoms with Gasteiger partial charge in [-0.1, -0.05) is 0 Å². The third-order valence-corrected chi connectivity index (χ3v) is 3.37. The molecule has 2 rings (SSSR count). The first-order valence-electron chi connectivity index (χ1n) is 6.06. The topological polar surface area (TPSA) is 79.3 Å². The second-order valence-electron chi connectivity index (χ2n) is 4.62. The Morgan fingerprint density at radius 3 is 2.56 bits per heavy atom. The lowest BCUT2D eigenvalue weighted by Gasteiger charge is -2.10. The molecule has 2 atom stereocenters. The minimum absolute atomic E-state index is 0.0458. The summed E-state index contributed by atoms with van der Waals surface area (Å²) in [6, 6.07) is 3.68. The van der Waals surface area contributed by atoms with Crippen molar-refractivity contribution < 1.29 is 14.7 Å². The van der Waals surface area contributed by atoms with Gasteiger partial charge in [0.2, 0.25) is 5.91 Å². The van der Waals surface area contributed by atoms with Gasteiger partial charge in [-0.2, -0.15) is 0 Å². The number of aromatic nitrogens is 1. The number of rotatable bonds is 4. The zero-order valence-electron chi connectivity index (χ0n) is 10.0. The van der Waals surface area contributed by atoms with E-state index in [0.29, 0.717) is 25.8 Å². The molecule has 96 valence electrons. The normalized spacial score (nSPS) is 22.7. The van der Waals surface area contributed by atoms with Crippen LogP contribution in [0.3, 0.4) is 0 Å². The van der Waals surface area contributed by atoms with Crippen molar-refractivity contribution in [3.63, 3.8) is 0 Å². The predicted molar refractivity (Wildman–Crippen MR) is 64.6 cm³/mol. The van der Waals surface area contributed by atoms with Gasteiger partial charge >= 0.3 is 5.97 Å². The number of amides is 1. The zero-order chi connectivity index (χ0) is 13.0. The van der Waals surface area contributed by atoms with Gasteiger partial charge in [-0.3, -0.25) is 14.6 Å². The van der Waals surface area contributed by atoms with Gasteiger partial charge in [0, 0.05) is 24.9 Å². The maximum atomic E-state index is 11.9. The van der Waals surface area contributed by atoms with Gasteiger partial charge in [-0.05, 0) is 37.0 Å². The highest BCUT2D eigenvalue weighted by molar-refractivity contribution is 5.80. The van der Waals surface area contributed by atoms with Crippen LogP contribution in [0.2, 0.25) is 0 Å². The van der Waals surface area contributed by atoms with Gasteiger partial charge in [-0.25, -0.2) is 0 Å². The molecule has 1 saturated carbocycles. The number of carbonyl (C=O) groups is 2. The minimum Gasteiger partial charge on any atom is -0.481 e. The van der Waals surface area contributed by atoms with Crippen LogP contribution in [-0.2, 0) is 16.1 Å². The summed E-state index contributed by atoms with van der Waals surface area (Å²) < 4.78 is 0. The lowest BCUT2D eigenvalue weighted by molar-refractivity contribution is -0.141. The fraction of sp³-hybridized carbons (Fsp3) is 0.462. The largest absolute Gasteiger partial charge is 0.481 e. The summed E-state index contributed by atoms with van der Waals surface area (Å²) in [4.78, 5) is 26.6. The number of hydrogen-bond acceptors (Lipinski definition) is 3. The number of nitrogens with one attached hydrogen (secondary N) is 1. The van der Waals surface area contributed by atoms with Crippen molar-refractivity contribution in [3.8, 4) is 0 Å². The second kappa shape index (κ2) is 5.62. The third kappa shape index (κ3) is 3.06. The van der Waals surface area contributed by atoms with Gasteiger partial charge in [0.15, 0.2) is 0 Å². The first kappa shape index (κ1) is 12.5. The Labute approximate surface area is 105 Å². The lowest BCUT2D eigenvalue weighted by Crippen LogP contribution is -2.29. The SMILES string of the molecule is O=C(O)C1CCC(C(=O)NCc2ccncc2)C1. The van der Waals surface area contributed by atoms with E-state index in [-0.39, 0.29) is 17.7 Å². The number of pyridine rings is 1. The molecular weight excluding hydrogens is 232 g/mol. The van der Waals surface area contributed by atoms with Crippen molar-refractivity contribution in [2.75, 3.05) is 0 Å². The summed E-state index contributed by atoms with van der Waals surface area (Å²) in [5.41, 5.74) is 0.992. The van der Waals surface area contributed by atoms with Gasteiger partial charge in [0.25, 0.3) is 0 Å². The van der Waals surface area contributed by atoms with Crippen LogP contribution >= 0.6 is 0 Å². The molecule has 2 unspecified atom stereocenters. The summed E-state index contributed by atoms with van der Waals surface area (Å²) in [6.45, 7) is 0.468. The molecule has 5 nitrogen and oxygen atoms in total. The molecule has 0 spiro atoms. The summed E-state index contributed by atoms with van der Waals surface area (Å²) in [6.07, 6.45) is 5.08. The third-order valence-electron chi connectivity index (χ3n) is 3.37. The molecule has 0 bridgehead atoms. The second-order valence-corrected chi connectivity index (χ2v) is 4.62. The van der Waals surface area contributed by atoms with E-state index in [1.165, 1.54) is 0 Å². The number of hydrogen-bond donors (Lipinski definition) is 2. The molecule has 0 aromatic carbocycles. The molecule has 1 heterocycles. The van der Waals surface area contributed by atoms with Crippen LogP contribution in [0, 0.1) is 11.8 Å². The van der Waals surface area contributed by atoms with E-state index in [2.05, 4.69) is 10.3 Å². The molecule has 1 aromatic rings. The zero-order valence-corrected chi connectivity index (χ0v) is 10.0. The summed E-state index contributed by atoms with van der Waals surface area (Å²) >= 11 is 0. The fourth-order valence-corrected chi connectivity index (χ4v) is 2.28. The van der Waals surface area contributed by atoms with Crippen molar-refractivity contribution >= 4 is 11.9 Å². The minimum atomic E-state index is -0.792. The van der Waals surface area contributed by atoms with Crippen molar-refractivity contribution in [2.24, 2.45) is 11.8 Å². The number of carboxylic acids is 1. The van der Waals surface area contributed by atoms with Crippen molar-refractivity contribution in [2.45, 2.75) is 25.8 Å². The van der Waals surface area contributed by atoms with Crippen LogP contribution in [0.1, 0.15) is 24.8 Å². The Morgan fingerprint density at radius 2 is 1.94 bits per heavy atom. The van der Waals surface area contributed by atoms with Crippen molar-refractivity contribution in [1.82, 2.24) is 10.3 Å². The van der Waals surface area contributed by atoms with Crippen LogP contribution in [0.4, 0.5) is 0 Å². The molecule has 0 saturated heterocycles. The monoisotopic (exact) mass is 248 g/mol. The Hall–Kier alpha value is -1.91. The van der Waals surface area contributed by atoms with E-state index in [1.807, 2.05) is 12.1 Å². The first-order valence-corrected chi connectivity index (χ1v) is 6.06. The highest BCUT2D eigenvalue weighted by Crippen LogP contribution is 2.31. The summed E-state index contributed by atoms with van der Waals surface area (Å²) in [5, 5.41) is 11.7. The van der Waals surface area contributed by atoms with Crippen molar-refractivity contribution in [1.29, 1.82) is 0 Å². The van der Waals surface area contributed by atoms with E-state index >= 15 is 0 Å². The predicted octanol–water partition coefficient (Wildman–Crippen LogP) is 1.20. The van der Waals surface area contributed by atoms with Crippen LogP contribution in [-0.4, -0.2) is 22.0 Å². The Bertz CT molecular complexity index is 433. The average Bonchev–Trinajstić information content (AvgIpc) is 2.87. The van der Waals surface area contributed by atoms with Crippen molar-refractivity contribution in [3.05, 3.63) is 30.1 Å². The molecule has 1 aliphatic carbocycles. The number of aliphatic carboxylic acids is 1. The highest BCUT2D eigenvalue weighted by atomic mass is 16.4.